The Labute approximate surface area is 69.7 Å². The summed E-state index contributed by atoms with van der Waals surface area (Å²) in [5.74, 6) is 0. The third-order valence-electron chi connectivity index (χ3n) is 1.39. The van der Waals surface area contributed by atoms with Crippen molar-refractivity contribution in [1.29, 1.82) is 0 Å². The molecule has 6 nitrogen and oxygen atoms in total. The maximum absolute atomic E-state index is 11.2. The average molecular weight is 172 g/mol. The molecule has 1 aromatic rings. The van der Waals surface area contributed by atoms with Gasteiger partial charge in [0, 0.05) is 14.1 Å². The third kappa shape index (κ3) is 1.27. The van der Waals surface area contributed by atoms with Gasteiger partial charge in [-0.05, 0) is 6.92 Å². The van der Waals surface area contributed by atoms with E-state index in [1.54, 1.807) is 14.1 Å². The van der Waals surface area contributed by atoms with Crippen molar-refractivity contribution in [2.24, 2.45) is 7.05 Å². The van der Waals surface area contributed by atoms with Crippen LogP contribution in [0.15, 0.2) is 4.79 Å². The maximum atomic E-state index is 11.2. The van der Waals surface area contributed by atoms with Crippen LogP contribution in [0.5, 0.6) is 6.01 Å². The zero-order valence-electron chi connectivity index (χ0n) is 7.37. The molecule has 68 valence electrons. The Morgan fingerprint density at radius 1 is 1.67 bits per heavy atom. The molecule has 0 bridgehead atoms. The predicted octanol–water partition coefficient (Wildman–Crippen LogP) is -0.846. The molecule has 12 heavy (non-hydrogen) atoms. The molecule has 0 aliphatic heterocycles. The molecule has 0 spiro atoms. The van der Waals surface area contributed by atoms with Gasteiger partial charge in [-0.2, -0.15) is 4.68 Å². The number of nitrogens with zero attached hydrogens (tertiary/aromatic N) is 3. The van der Waals surface area contributed by atoms with Crippen LogP contribution in [0.4, 0.5) is 0 Å². The zero-order valence-corrected chi connectivity index (χ0v) is 7.37. The zero-order chi connectivity index (χ0) is 9.14. The lowest BCUT2D eigenvalue weighted by Gasteiger charge is -2.02. The predicted molar refractivity (Wildman–Crippen MR) is 43.9 cm³/mol. The minimum atomic E-state index is -0.249. The van der Waals surface area contributed by atoms with E-state index in [1.165, 1.54) is 9.36 Å². The molecule has 1 rings (SSSR count). The molecule has 1 N–H and O–H groups in total. The first-order valence-electron chi connectivity index (χ1n) is 3.67. The van der Waals surface area contributed by atoms with E-state index in [0.717, 1.165) is 0 Å². The molecule has 1 heterocycles. The maximum Gasteiger partial charge on any atom is 0.367 e. The quantitative estimate of drug-likeness (QED) is 0.645. The smallest absolute Gasteiger partial charge is 0.367 e. The van der Waals surface area contributed by atoms with Crippen LogP contribution in [0.2, 0.25) is 0 Å². The van der Waals surface area contributed by atoms with Gasteiger partial charge in [0.25, 0.3) is 0 Å². The highest BCUT2D eigenvalue weighted by Crippen LogP contribution is 1.98. The number of ether oxygens (including phenoxy) is 1. The molecule has 0 aliphatic carbocycles. The van der Waals surface area contributed by atoms with Gasteiger partial charge in [0.2, 0.25) is 0 Å². The second-order valence-electron chi connectivity index (χ2n) is 2.18. The lowest BCUT2D eigenvalue weighted by molar-refractivity contribution is 0.300. The summed E-state index contributed by atoms with van der Waals surface area (Å²) in [6.07, 6.45) is 0. The van der Waals surface area contributed by atoms with Gasteiger partial charge in [-0.15, -0.1) is 5.10 Å². The van der Waals surface area contributed by atoms with Crippen molar-refractivity contribution in [3.8, 4) is 6.01 Å². The van der Waals surface area contributed by atoms with E-state index in [1.807, 2.05) is 6.92 Å². The standard InChI is InChI=1S/C6H12N4O2/c1-4-12-5-8-9(3)6(11)10(5)7-2/h7H,4H2,1-3H3. The van der Waals surface area contributed by atoms with Crippen molar-refractivity contribution < 1.29 is 4.74 Å². The van der Waals surface area contributed by atoms with Crippen molar-refractivity contribution in [3.63, 3.8) is 0 Å². The Bertz CT molecular complexity index is 314. The van der Waals surface area contributed by atoms with Crippen LogP contribution in [0.3, 0.4) is 0 Å². The number of hydrogen-bond donors (Lipinski definition) is 1. The Kier molecular flexibility index (Phi) is 2.37. The number of rotatable bonds is 3. The third-order valence-corrected chi connectivity index (χ3v) is 1.39. The average Bonchev–Trinajstić information content (AvgIpc) is 2.29. The van der Waals surface area contributed by atoms with E-state index >= 15 is 0 Å². The number of hydrogen-bond acceptors (Lipinski definition) is 4. The molecular weight excluding hydrogens is 160 g/mol. The highest BCUT2D eigenvalue weighted by molar-refractivity contribution is 4.95. The molecule has 0 amide bonds. The Hall–Kier alpha value is -1.46. The van der Waals surface area contributed by atoms with Crippen LogP contribution < -0.4 is 15.9 Å². The van der Waals surface area contributed by atoms with E-state index in [-0.39, 0.29) is 11.7 Å². The summed E-state index contributed by atoms with van der Waals surface area (Å²) in [7, 11) is 3.20. The van der Waals surface area contributed by atoms with Gasteiger partial charge in [-0.25, -0.2) is 9.48 Å². The molecule has 0 unspecified atom stereocenters. The molecule has 0 aromatic carbocycles. The number of nitrogens with one attached hydrogen (secondary N) is 1. The molecule has 0 atom stereocenters. The highest BCUT2D eigenvalue weighted by atomic mass is 16.5. The van der Waals surface area contributed by atoms with Crippen molar-refractivity contribution in [2.75, 3.05) is 19.1 Å². The topological polar surface area (TPSA) is 61.1 Å². The van der Waals surface area contributed by atoms with Gasteiger partial charge < -0.3 is 10.2 Å². The molecule has 1 aromatic heterocycles. The van der Waals surface area contributed by atoms with Gasteiger partial charge in [0.1, 0.15) is 0 Å². The molecule has 0 fully saturated rings. The lowest BCUT2D eigenvalue weighted by atomic mass is 10.9. The molecule has 0 saturated heterocycles. The Morgan fingerprint density at radius 3 is 2.83 bits per heavy atom. The minimum absolute atomic E-state index is 0.249. The Morgan fingerprint density at radius 2 is 2.33 bits per heavy atom. The van der Waals surface area contributed by atoms with Crippen LogP contribution in [0.1, 0.15) is 6.92 Å². The van der Waals surface area contributed by atoms with Gasteiger partial charge in [-0.1, -0.05) is 0 Å². The van der Waals surface area contributed by atoms with E-state index in [4.69, 9.17) is 4.74 Å². The van der Waals surface area contributed by atoms with Crippen LogP contribution in [0.25, 0.3) is 0 Å². The van der Waals surface area contributed by atoms with Crippen molar-refractivity contribution in [3.05, 3.63) is 10.5 Å². The first-order chi connectivity index (χ1) is 5.70. The second-order valence-corrected chi connectivity index (χ2v) is 2.18. The minimum Gasteiger partial charge on any atom is -0.463 e. The van der Waals surface area contributed by atoms with Crippen LogP contribution in [-0.2, 0) is 7.05 Å². The summed E-state index contributed by atoms with van der Waals surface area (Å²) in [5, 5.41) is 3.85. The van der Waals surface area contributed by atoms with E-state index in [2.05, 4.69) is 10.5 Å². The van der Waals surface area contributed by atoms with Crippen LogP contribution in [0, 0.1) is 0 Å². The monoisotopic (exact) mass is 172 g/mol. The largest absolute Gasteiger partial charge is 0.463 e. The number of aryl methyl sites for hydroxylation is 1. The second kappa shape index (κ2) is 3.29. The van der Waals surface area contributed by atoms with Gasteiger partial charge in [0.15, 0.2) is 0 Å². The van der Waals surface area contributed by atoms with Crippen molar-refractivity contribution >= 4 is 0 Å². The summed E-state index contributed by atoms with van der Waals surface area (Å²) in [5.41, 5.74) is 2.42. The van der Waals surface area contributed by atoms with Crippen LogP contribution >= 0.6 is 0 Å². The Balaban J connectivity index is 3.11. The first kappa shape index (κ1) is 8.63. The van der Waals surface area contributed by atoms with Gasteiger partial charge in [-0.3, -0.25) is 0 Å². The number of aromatic nitrogens is 3. The SMILES string of the molecule is CCOc1nn(C)c(=O)n1NC. The summed E-state index contributed by atoms with van der Waals surface area (Å²) in [6.45, 7) is 2.32. The van der Waals surface area contributed by atoms with Gasteiger partial charge in [0.05, 0.1) is 6.61 Å². The fraction of sp³-hybridized carbons (Fsp3) is 0.667. The van der Waals surface area contributed by atoms with Crippen molar-refractivity contribution in [2.45, 2.75) is 6.92 Å². The summed E-state index contributed by atoms with van der Waals surface area (Å²) >= 11 is 0. The highest BCUT2D eigenvalue weighted by Gasteiger charge is 2.09. The summed E-state index contributed by atoms with van der Waals surface area (Å²) < 4.78 is 7.55. The lowest BCUT2D eigenvalue weighted by Crippen LogP contribution is -2.28. The first-order valence-corrected chi connectivity index (χ1v) is 3.67. The molecule has 6 heteroatoms. The fourth-order valence-electron chi connectivity index (χ4n) is 0.856. The molecule has 0 saturated carbocycles. The molecular formula is C6H12N4O2. The van der Waals surface area contributed by atoms with E-state index in [9.17, 15) is 4.79 Å². The molecule has 0 aliphatic rings. The van der Waals surface area contributed by atoms with Crippen LogP contribution in [-0.4, -0.2) is 28.1 Å². The van der Waals surface area contributed by atoms with E-state index in [0.29, 0.717) is 6.61 Å². The summed E-state index contributed by atoms with van der Waals surface area (Å²) in [6, 6.07) is 0.285. The normalized spacial score (nSPS) is 9.92. The van der Waals surface area contributed by atoms with Crippen molar-refractivity contribution in [1.82, 2.24) is 14.5 Å². The fourth-order valence-corrected chi connectivity index (χ4v) is 0.856. The van der Waals surface area contributed by atoms with E-state index < -0.39 is 0 Å². The summed E-state index contributed by atoms with van der Waals surface area (Å²) in [4.78, 5) is 11.2. The molecule has 0 radical (unpaired) electrons. The van der Waals surface area contributed by atoms with Gasteiger partial charge >= 0.3 is 11.7 Å².